The normalized spacial score (nSPS) is 10.6. The van der Waals surface area contributed by atoms with Crippen LogP contribution in [0.1, 0.15) is 0 Å². The fourth-order valence-corrected chi connectivity index (χ4v) is 2.29. The van der Waals surface area contributed by atoms with Crippen LogP contribution in [0.5, 0.6) is 0 Å². The number of carbonyl (C=O) groups is 1. The van der Waals surface area contributed by atoms with Crippen molar-refractivity contribution in [3.05, 3.63) is 30.1 Å². The van der Waals surface area contributed by atoms with E-state index in [2.05, 4.69) is 10.2 Å². The molecule has 2 N–H and O–H groups in total. The van der Waals surface area contributed by atoms with Crippen molar-refractivity contribution in [1.29, 1.82) is 0 Å². The number of carbonyl (C=O) groups excluding carboxylic acids is 1. The van der Waals surface area contributed by atoms with Gasteiger partial charge in [-0.3, -0.25) is 4.79 Å². The molecule has 0 radical (unpaired) electrons. The molecule has 1 heterocycles. The van der Waals surface area contributed by atoms with Gasteiger partial charge >= 0.3 is 0 Å². The SMILES string of the molecule is CN(C)C(=O)CSc1nnc(-c2cccc(F)c2)n1N. The van der Waals surface area contributed by atoms with Gasteiger partial charge in [0.25, 0.3) is 0 Å². The molecule has 0 aliphatic heterocycles. The molecule has 0 atom stereocenters. The van der Waals surface area contributed by atoms with Gasteiger partial charge in [-0.1, -0.05) is 23.9 Å². The summed E-state index contributed by atoms with van der Waals surface area (Å²) < 4.78 is 14.4. The number of aromatic nitrogens is 3. The van der Waals surface area contributed by atoms with Gasteiger partial charge in [-0.2, -0.15) is 0 Å². The zero-order chi connectivity index (χ0) is 14.7. The quantitative estimate of drug-likeness (QED) is 0.672. The van der Waals surface area contributed by atoms with Gasteiger partial charge in [-0.15, -0.1) is 10.2 Å². The summed E-state index contributed by atoms with van der Waals surface area (Å²) in [6, 6.07) is 5.93. The first-order chi connectivity index (χ1) is 9.49. The third-order valence-electron chi connectivity index (χ3n) is 2.57. The second-order valence-electron chi connectivity index (χ2n) is 4.26. The molecule has 2 aromatic rings. The Bertz CT molecular complexity index is 628. The summed E-state index contributed by atoms with van der Waals surface area (Å²) in [5.74, 6) is 6.01. The highest BCUT2D eigenvalue weighted by atomic mass is 32.2. The summed E-state index contributed by atoms with van der Waals surface area (Å²) in [6.45, 7) is 0. The molecule has 0 saturated heterocycles. The van der Waals surface area contributed by atoms with E-state index in [1.807, 2.05) is 0 Å². The van der Waals surface area contributed by atoms with Gasteiger partial charge < -0.3 is 10.7 Å². The van der Waals surface area contributed by atoms with E-state index in [9.17, 15) is 9.18 Å². The Morgan fingerprint density at radius 2 is 2.20 bits per heavy atom. The number of amides is 1. The van der Waals surface area contributed by atoms with Crippen molar-refractivity contribution in [3.8, 4) is 11.4 Å². The maximum Gasteiger partial charge on any atom is 0.232 e. The summed E-state index contributed by atoms with van der Waals surface area (Å²) in [6.07, 6.45) is 0. The van der Waals surface area contributed by atoms with Crippen LogP contribution in [-0.2, 0) is 4.79 Å². The van der Waals surface area contributed by atoms with Gasteiger partial charge in [0.05, 0.1) is 5.75 Å². The zero-order valence-corrected chi connectivity index (χ0v) is 11.9. The topological polar surface area (TPSA) is 77.0 Å². The molecule has 106 valence electrons. The van der Waals surface area contributed by atoms with Crippen molar-refractivity contribution in [1.82, 2.24) is 19.8 Å². The smallest absolute Gasteiger partial charge is 0.232 e. The number of rotatable bonds is 4. The minimum absolute atomic E-state index is 0.0506. The molecular weight excluding hydrogens is 281 g/mol. The predicted molar refractivity (Wildman–Crippen MR) is 75.0 cm³/mol. The maximum atomic E-state index is 13.2. The van der Waals surface area contributed by atoms with E-state index in [4.69, 9.17) is 5.84 Å². The predicted octanol–water partition coefficient (Wildman–Crippen LogP) is 0.978. The molecule has 0 unspecified atom stereocenters. The van der Waals surface area contributed by atoms with E-state index in [0.717, 1.165) is 0 Å². The molecule has 0 aliphatic rings. The van der Waals surface area contributed by atoms with Crippen molar-refractivity contribution < 1.29 is 9.18 Å². The zero-order valence-electron chi connectivity index (χ0n) is 11.1. The first-order valence-corrected chi connectivity index (χ1v) is 6.77. The lowest BCUT2D eigenvalue weighted by molar-refractivity contribution is -0.125. The molecule has 8 heteroatoms. The molecular formula is C12H14FN5OS. The molecule has 1 aromatic carbocycles. The van der Waals surface area contributed by atoms with Crippen molar-refractivity contribution in [2.45, 2.75) is 5.16 Å². The first kappa shape index (κ1) is 14.3. The molecule has 1 aromatic heterocycles. The van der Waals surface area contributed by atoms with E-state index in [0.29, 0.717) is 16.5 Å². The van der Waals surface area contributed by atoms with Gasteiger partial charge in [-0.25, -0.2) is 9.07 Å². The minimum atomic E-state index is -0.373. The fraction of sp³-hybridized carbons (Fsp3) is 0.250. The van der Waals surface area contributed by atoms with Crippen LogP contribution in [0.2, 0.25) is 0 Å². The van der Waals surface area contributed by atoms with Gasteiger partial charge in [0, 0.05) is 19.7 Å². The lowest BCUT2D eigenvalue weighted by atomic mass is 10.2. The number of nitrogen functional groups attached to an aromatic ring is 1. The Kier molecular flexibility index (Phi) is 4.23. The van der Waals surface area contributed by atoms with Crippen LogP contribution in [0.15, 0.2) is 29.4 Å². The van der Waals surface area contributed by atoms with Gasteiger partial charge in [0.15, 0.2) is 5.82 Å². The third kappa shape index (κ3) is 3.08. The second-order valence-corrected chi connectivity index (χ2v) is 5.21. The third-order valence-corrected chi connectivity index (χ3v) is 3.50. The molecule has 0 fully saturated rings. The van der Waals surface area contributed by atoms with E-state index in [1.165, 1.54) is 33.5 Å². The number of benzene rings is 1. The molecule has 6 nitrogen and oxygen atoms in total. The molecule has 0 spiro atoms. The van der Waals surface area contributed by atoms with Gasteiger partial charge in [0.1, 0.15) is 5.82 Å². The summed E-state index contributed by atoms with van der Waals surface area (Å²) in [7, 11) is 3.35. The van der Waals surface area contributed by atoms with Crippen molar-refractivity contribution in [2.24, 2.45) is 0 Å². The molecule has 0 aliphatic carbocycles. The van der Waals surface area contributed by atoms with Crippen LogP contribution in [0.4, 0.5) is 4.39 Å². The molecule has 0 saturated carbocycles. The number of hydrogen-bond acceptors (Lipinski definition) is 5. The highest BCUT2D eigenvalue weighted by molar-refractivity contribution is 7.99. The molecule has 1 amide bonds. The Labute approximate surface area is 119 Å². The summed E-state index contributed by atoms with van der Waals surface area (Å²) in [4.78, 5) is 13.0. The lowest BCUT2D eigenvalue weighted by Crippen LogP contribution is -2.24. The first-order valence-electron chi connectivity index (χ1n) is 5.78. The van der Waals surface area contributed by atoms with E-state index >= 15 is 0 Å². The molecule has 0 bridgehead atoms. The number of nitrogens with two attached hydrogens (primary N) is 1. The Morgan fingerprint density at radius 1 is 1.45 bits per heavy atom. The summed E-state index contributed by atoms with van der Waals surface area (Å²) in [5.41, 5.74) is 0.533. The standard InChI is InChI=1S/C12H14FN5OS/c1-17(2)10(19)7-20-12-16-15-11(18(12)14)8-4-3-5-9(13)6-8/h3-6H,7,14H2,1-2H3. The second kappa shape index (κ2) is 5.91. The minimum Gasteiger partial charge on any atom is -0.348 e. The van der Waals surface area contributed by atoms with Crippen molar-refractivity contribution in [3.63, 3.8) is 0 Å². The number of hydrogen-bond donors (Lipinski definition) is 1. The number of nitrogens with zero attached hydrogens (tertiary/aromatic N) is 4. The number of halogens is 1. The summed E-state index contributed by atoms with van der Waals surface area (Å²) >= 11 is 1.18. The average molecular weight is 295 g/mol. The Morgan fingerprint density at radius 3 is 2.85 bits per heavy atom. The molecule has 20 heavy (non-hydrogen) atoms. The largest absolute Gasteiger partial charge is 0.348 e. The van der Waals surface area contributed by atoms with Crippen LogP contribution in [0.3, 0.4) is 0 Å². The van der Waals surface area contributed by atoms with Crippen molar-refractivity contribution in [2.75, 3.05) is 25.7 Å². The van der Waals surface area contributed by atoms with E-state index in [-0.39, 0.29) is 17.5 Å². The van der Waals surface area contributed by atoms with Crippen molar-refractivity contribution >= 4 is 17.7 Å². The monoisotopic (exact) mass is 295 g/mol. The highest BCUT2D eigenvalue weighted by Crippen LogP contribution is 2.22. The molecule has 2 rings (SSSR count). The van der Waals surface area contributed by atoms with Crippen LogP contribution in [-0.4, -0.2) is 45.5 Å². The van der Waals surface area contributed by atoms with Crippen LogP contribution in [0, 0.1) is 5.82 Å². The van der Waals surface area contributed by atoms with E-state index < -0.39 is 0 Å². The maximum absolute atomic E-state index is 13.2. The Balaban J connectivity index is 2.17. The highest BCUT2D eigenvalue weighted by Gasteiger charge is 2.14. The van der Waals surface area contributed by atoms with Crippen LogP contribution < -0.4 is 5.84 Å². The summed E-state index contributed by atoms with van der Waals surface area (Å²) in [5, 5.41) is 8.24. The van der Waals surface area contributed by atoms with Gasteiger partial charge in [-0.05, 0) is 12.1 Å². The Hall–Kier alpha value is -2.09. The van der Waals surface area contributed by atoms with Crippen LogP contribution in [0.25, 0.3) is 11.4 Å². The average Bonchev–Trinajstić information content (AvgIpc) is 2.77. The van der Waals surface area contributed by atoms with Gasteiger partial charge in [0.2, 0.25) is 11.1 Å². The number of thioether (sulfide) groups is 1. The van der Waals surface area contributed by atoms with E-state index in [1.54, 1.807) is 26.2 Å². The lowest BCUT2D eigenvalue weighted by Gasteiger charge is -2.09. The fourth-order valence-electron chi connectivity index (χ4n) is 1.46. The van der Waals surface area contributed by atoms with Crippen LogP contribution >= 0.6 is 11.8 Å².